The van der Waals surface area contributed by atoms with Crippen LogP contribution in [-0.4, -0.2) is 16.1 Å². The van der Waals surface area contributed by atoms with Crippen LogP contribution in [0.15, 0.2) is 36.4 Å². The van der Waals surface area contributed by atoms with Crippen LogP contribution in [0.5, 0.6) is 5.75 Å². The number of aryl methyl sites for hydroxylation is 1. The summed E-state index contributed by atoms with van der Waals surface area (Å²) in [5.74, 6) is -1.32. The Morgan fingerprint density at radius 3 is 2.56 bits per heavy atom. The molecular weight excluding hydrogens is 426 g/mol. The van der Waals surface area contributed by atoms with E-state index in [1.807, 2.05) is 0 Å². The first kappa shape index (κ1) is 22.2. The number of benzene rings is 2. The Kier molecular flexibility index (Phi) is 6.13. The lowest BCUT2D eigenvalue weighted by Crippen LogP contribution is -2.12. The molecule has 1 heterocycles. The van der Waals surface area contributed by atoms with E-state index in [1.54, 1.807) is 24.3 Å². The number of carboxylic acids is 1. The van der Waals surface area contributed by atoms with Crippen LogP contribution in [0.2, 0.25) is 0 Å². The molecule has 1 fully saturated rings. The minimum Gasteiger partial charge on any atom is -0.489 e. The number of hydrogen-bond donors (Lipinski definition) is 2. The SMILES string of the molecule is O=C(O)CCc1[nH]c2ccc(OCc3ccc(C4CCCC4)c(C(F)(F)F)c3)cc2c1F. The van der Waals surface area contributed by atoms with Gasteiger partial charge in [-0.25, -0.2) is 4.39 Å². The molecule has 0 radical (unpaired) electrons. The first-order valence-electron chi connectivity index (χ1n) is 10.6. The van der Waals surface area contributed by atoms with Crippen molar-refractivity contribution in [2.75, 3.05) is 0 Å². The van der Waals surface area contributed by atoms with Crippen LogP contribution < -0.4 is 4.74 Å². The number of aromatic nitrogens is 1. The van der Waals surface area contributed by atoms with E-state index in [9.17, 15) is 22.4 Å². The molecule has 0 spiro atoms. The summed E-state index contributed by atoms with van der Waals surface area (Å²) >= 11 is 0. The van der Waals surface area contributed by atoms with Crippen molar-refractivity contribution in [3.05, 3.63) is 64.6 Å². The number of nitrogens with one attached hydrogen (secondary N) is 1. The first-order valence-corrected chi connectivity index (χ1v) is 10.6. The molecule has 4 nitrogen and oxygen atoms in total. The number of aromatic amines is 1. The predicted molar refractivity (Wildman–Crippen MR) is 111 cm³/mol. The van der Waals surface area contributed by atoms with E-state index in [0.717, 1.165) is 31.7 Å². The molecule has 2 N–H and O–H groups in total. The van der Waals surface area contributed by atoms with Crippen molar-refractivity contribution in [1.82, 2.24) is 4.98 Å². The molecule has 1 saturated carbocycles. The first-order chi connectivity index (χ1) is 15.2. The maximum atomic E-state index is 14.6. The smallest absolute Gasteiger partial charge is 0.416 e. The Balaban J connectivity index is 1.52. The van der Waals surface area contributed by atoms with Gasteiger partial charge in [0.1, 0.15) is 12.4 Å². The zero-order valence-electron chi connectivity index (χ0n) is 17.3. The fourth-order valence-electron chi connectivity index (χ4n) is 4.39. The molecule has 1 aromatic heterocycles. The molecule has 0 unspecified atom stereocenters. The van der Waals surface area contributed by atoms with Gasteiger partial charge in [-0.15, -0.1) is 0 Å². The Hall–Kier alpha value is -3.03. The lowest BCUT2D eigenvalue weighted by molar-refractivity contribution is -0.138. The molecule has 3 aromatic rings. The third-order valence-electron chi connectivity index (χ3n) is 5.99. The van der Waals surface area contributed by atoms with Crippen LogP contribution in [0.1, 0.15) is 60.4 Å². The van der Waals surface area contributed by atoms with E-state index in [0.29, 0.717) is 22.4 Å². The molecule has 0 amide bonds. The number of H-pyrrole nitrogens is 1. The highest BCUT2D eigenvalue weighted by Crippen LogP contribution is 2.42. The van der Waals surface area contributed by atoms with Crippen molar-refractivity contribution in [2.45, 2.75) is 57.2 Å². The van der Waals surface area contributed by atoms with Crippen LogP contribution in [0.3, 0.4) is 0 Å². The molecule has 32 heavy (non-hydrogen) atoms. The average Bonchev–Trinajstić information content (AvgIpc) is 3.38. The van der Waals surface area contributed by atoms with Crippen molar-refractivity contribution in [3.63, 3.8) is 0 Å². The van der Waals surface area contributed by atoms with Crippen molar-refractivity contribution < 1.29 is 32.2 Å². The molecule has 1 aliphatic rings. The maximum Gasteiger partial charge on any atom is 0.416 e. The van der Waals surface area contributed by atoms with Gasteiger partial charge in [0.25, 0.3) is 0 Å². The number of aliphatic carboxylic acids is 1. The number of halogens is 4. The summed E-state index contributed by atoms with van der Waals surface area (Å²) in [5, 5.41) is 9.03. The zero-order valence-corrected chi connectivity index (χ0v) is 17.3. The molecule has 170 valence electrons. The number of fused-ring (bicyclic) bond motifs is 1. The molecule has 1 aliphatic carbocycles. The fraction of sp³-hybridized carbons (Fsp3) is 0.375. The zero-order chi connectivity index (χ0) is 22.9. The largest absolute Gasteiger partial charge is 0.489 e. The lowest BCUT2D eigenvalue weighted by Gasteiger charge is -2.19. The molecule has 0 atom stereocenters. The molecule has 8 heteroatoms. The van der Waals surface area contributed by atoms with Crippen LogP contribution in [0.4, 0.5) is 17.6 Å². The minimum absolute atomic E-state index is 0.0274. The number of alkyl halides is 3. The van der Waals surface area contributed by atoms with E-state index in [-0.39, 0.29) is 36.4 Å². The predicted octanol–water partition coefficient (Wildman–Crippen LogP) is 6.58. The highest BCUT2D eigenvalue weighted by atomic mass is 19.4. The van der Waals surface area contributed by atoms with Crippen LogP contribution in [0, 0.1) is 5.82 Å². The van der Waals surface area contributed by atoms with Crippen molar-refractivity contribution >= 4 is 16.9 Å². The quantitative estimate of drug-likeness (QED) is 0.401. The van der Waals surface area contributed by atoms with Crippen molar-refractivity contribution in [1.29, 1.82) is 0 Å². The van der Waals surface area contributed by atoms with Crippen LogP contribution in [0.25, 0.3) is 10.9 Å². The van der Waals surface area contributed by atoms with E-state index in [2.05, 4.69) is 4.98 Å². The second kappa shape index (κ2) is 8.84. The number of hydrogen-bond acceptors (Lipinski definition) is 2. The van der Waals surface area contributed by atoms with Gasteiger partial charge in [-0.3, -0.25) is 4.79 Å². The van der Waals surface area contributed by atoms with Gasteiger partial charge >= 0.3 is 12.1 Å². The summed E-state index contributed by atoms with van der Waals surface area (Å²) in [6.07, 6.45) is -1.17. The van der Waals surface area contributed by atoms with Gasteiger partial charge in [-0.05, 0) is 54.2 Å². The number of rotatable bonds is 7. The lowest BCUT2D eigenvalue weighted by atomic mass is 9.91. The third-order valence-corrected chi connectivity index (χ3v) is 5.99. The fourth-order valence-corrected chi connectivity index (χ4v) is 4.39. The van der Waals surface area contributed by atoms with E-state index in [4.69, 9.17) is 9.84 Å². The standard InChI is InChI=1S/C24H23F4NO3/c25-23-18-12-16(6-8-20(18)29-21(23)9-10-22(30)31)32-13-14-5-7-17(15-3-1-2-4-15)19(11-14)24(26,27)28/h5-8,11-12,15,29H,1-4,9-10,13H2,(H,30,31). The monoisotopic (exact) mass is 449 g/mol. The second-order valence-corrected chi connectivity index (χ2v) is 8.21. The van der Waals surface area contributed by atoms with Gasteiger partial charge in [0.15, 0.2) is 5.82 Å². The van der Waals surface area contributed by atoms with Crippen LogP contribution >= 0.6 is 0 Å². The van der Waals surface area contributed by atoms with E-state index in [1.165, 1.54) is 6.07 Å². The highest BCUT2D eigenvalue weighted by Gasteiger charge is 2.36. The molecule has 2 aromatic carbocycles. The van der Waals surface area contributed by atoms with E-state index < -0.39 is 23.5 Å². The Bertz CT molecular complexity index is 1130. The van der Waals surface area contributed by atoms with Gasteiger partial charge in [-0.2, -0.15) is 13.2 Å². The molecule has 0 bridgehead atoms. The number of ether oxygens (including phenoxy) is 1. The van der Waals surface area contributed by atoms with Crippen molar-refractivity contribution in [3.8, 4) is 5.75 Å². The van der Waals surface area contributed by atoms with Gasteiger partial charge in [0.05, 0.1) is 17.7 Å². The van der Waals surface area contributed by atoms with E-state index >= 15 is 0 Å². The molecule has 0 aliphatic heterocycles. The summed E-state index contributed by atoms with van der Waals surface area (Å²) in [7, 11) is 0. The van der Waals surface area contributed by atoms with Crippen LogP contribution in [-0.2, 0) is 24.0 Å². The molecule has 0 saturated heterocycles. The topological polar surface area (TPSA) is 62.3 Å². The minimum atomic E-state index is -4.44. The maximum absolute atomic E-state index is 14.6. The summed E-state index contributed by atoms with van der Waals surface area (Å²) in [6, 6.07) is 9.01. The summed E-state index contributed by atoms with van der Waals surface area (Å²) in [4.78, 5) is 13.6. The molecule has 4 rings (SSSR count). The summed E-state index contributed by atoms with van der Waals surface area (Å²) < 4.78 is 61.2. The number of carboxylic acid groups (broad SMARTS) is 1. The normalized spacial score (nSPS) is 14.9. The second-order valence-electron chi connectivity index (χ2n) is 8.21. The number of carbonyl (C=O) groups is 1. The van der Waals surface area contributed by atoms with Crippen molar-refractivity contribution in [2.24, 2.45) is 0 Å². The Labute approximate surface area is 182 Å². The summed E-state index contributed by atoms with van der Waals surface area (Å²) in [6.45, 7) is -0.0859. The molecular formula is C24H23F4NO3. The van der Waals surface area contributed by atoms with Gasteiger partial charge in [-0.1, -0.05) is 25.0 Å². The summed E-state index contributed by atoms with van der Waals surface area (Å²) in [5.41, 5.74) is 0.812. The van der Waals surface area contributed by atoms with Gasteiger partial charge < -0.3 is 14.8 Å². The van der Waals surface area contributed by atoms with Gasteiger partial charge in [0.2, 0.25) is 0 Å². The average molecular weight is 449 g/mol. The third kappa shape index (κ3) is 4.74. The Morgan fingerprint density at radius 1 is 1.12 bits per heavy atom. The Morgan fingerprint density at radius 2 is 1.88 bits per heavy atom. The highest BCUT2D eigenvalue weighted by molar-refractivity contribution is 5.83. The van der Waals surface area contributed by atoms with Gasteiger partial charge in [0, 0.05) is 17.3 Å².